The van der Waals surface area contributed by atoms with Gasteiger partial charge in [0.05, 0.1) is 7.11 Å². The lowest BCUT2D eigenvalue weighted by molar-refractivity contribution is 0.0953. The molecule has 0 saturated heterocycles. The summed E-state index contributed by atoms with van der Waals surface area (Å²) in [4.78, 5) is 16.3. The minimum Gasteiger partial charge on any atom is -0.496 e. The van der Waals surface area contributed by atoms with Crippen molar-refractivity contribution in [3.63, 3.8) is 0 Å². The third-order valence-electron chi connectivity index (χ3n) is 3.88. The minimum absolute atomic E-state index is 0.0741. The molecule has 1 amide bonds. The molecule has 0 atom stereocenters. The Kier molecular flexibility index (Phi) is 8.64. The maximum Gasteiger partial charge on any atom is 0.251 e. The SMILES string of the molecule is CN=C(NCCCNC(=O)c1cccc(Br)c1)NCc1ccccc1OC. The molecule has 0 aliphatic rings. The van der Waals surface area contributed by atoms with Crippen LogP contribution in [-0.4, -0.2) is 39.1 Å². The summed E-state index contributed by atoms with van der Waals surface area (Å²) in [5.74, 6) is 1.48. The Labute approximate surface area is 168 Å². The highest BCUT2D eigenvalue weighted by Gasteiger charge is 2.05. The molecule has 0 bridgehead atoms. The van der Waals surface area contributed by atoms with E-state index >= 15 is 0 Å². The van der Waals surface area contributed by atoms with Crippen molar-refractivity contribution in [2.45, 2.75) is 13.0 Å². The second-order valence-corrected chi connectivity index (χ2v) is 6.70. The van der Waals surface area contributed by atoms with Gasteiger partial charge in [-0.3, -0.25) is 9.79 Å². The minimum atomic E-state index is -0.0741. The van der Waals surface area contributed by atoms with E-state index in [4.69, 9.17) is 4.74 Å². The van der Waals surface area contributed by atoms with Crippen molar-refractivity contribution in [1.82, 2.24) is 16.0 Å². The van der Waals surface area contributed by atoms with Crippen molar-refractivity contribution >= 4 is 27.8 Å². The van der Waals surface area contributed by atoms with E-state index < -0.39 is 0 Å². The second kappa shape index (κ2) is 11.2. The number of ether oxygens (including phenoxy) is 1. The first-order chi connectivity index (χ1) is 13.1. The second-order valence-electron chi connectivity index (χ2n) is 5.78. The molecule has 0 spiro atoms. The predicted octanol–water partition coefficient (Wildman–Crippen LogP) is 2.94. The van der Waals surface area contributed by atoms with Gasteiger partial charge in [0.1, 0.15) is 5.75 Å². The Morgan fingerprint density at radius 1 is 1.07 bits per heavy atom. The van der Waals surface area contributed by atoms with E-state index in [1.807, 2.05) is 36.4 Å². The van der Waals surface area contributed by atoms with Crippen LogP contribution in [0.4, 0.5) is 0 Å². The smallest absolute Gasteiger partial charge is 0.251 e. The van der Waals surface area contributed by atoms with Gasteiger partial charge in [0.25, 0.3) is 5.91 Å². The summed E-state index contributed by atoms with van der Waals surface area (Å²) in [7, 11) is 3.39. The van der Waals surface area contributed by atoms with Gasteiger partial charge in [0.15, 0.2) is 5.96 Å². The molecule has 2 aromatic carbocycles. The maximum atomic E-state index is 12.1. The number of benzene rings is 2. The largest absolute Gasteiger partial charge is 0.496 e. The van der Waals surface area contributed by atoms with Gasteiger partial charge in [-0.2, -0.15) is 0 Å². The number of halogens is 1. The fourth-order valence-electron chi connectivity index (χ4n) is 2.48. The number of aliphatic imine (C=N–C) groups is 1. The highest BCUT2D eigenvalue weighted by Crippen LogP contribution is 2.16. The van der Waals surface area contributed by atoms with E-state index in [1.54, 1.807) is 26.3 Å². The molecule has 0 unspecified atom stereocenters. The van der Waals surface area contributed by atoms with Crippen molar-refractivity contribution in [2.24, 2.45) is 4.99 Å². The monoisotopic (exact) mass is 432 g/mol. The summed E-state index contributed by atoms with van der Waals surface area (Å²) < 4.78 is 6.24. The van der Waals surface area contributed by atoms with E-state index in [0.717, 1.165) is 22.2 Å². The van der Waals surface area contributed by atoms with Crippen molar-refractivity contribution < 1.29 is 9.53 Å². The zero-order valence-electron chi connectivity index (χ0n) is 15.6. The highest BCUT2D eigenvalue weighted by atomic mass is 79.9. The number of nitrogens with one attached hydrogen (secondary N) is 3. The number of amides is 1. The normalized spacial score (nSPS) is 11.0. The third-order valence-corrected chi connectivity index (χ3v) is 4.37. The van der Waals surface area contributed by atoms with Crippen LogP contribution in [0.15, 0.2) is 58.0 Å². The first-order valence-corrected chi connectivity index (χ1v) is 9.53. The van der Waals surface area contributed by atoms with E-state index in [-0.39, 0.29) is 5.91 Å². The van der Waals surface area contributed by atoms with Gasteiger partial charge in [-0.25, -0.2) is 0 Å². The van der Waals surface area contributed by atoms with Crippen LogP contribution in [0.3, 0.4) is 0 Å². The molecule has 144 valence electrons. The van der Waals surface area contributed by atoms with E-state index in [9.17, 15) is 4.79 Å². The molecule has 0 saturated carbocycles. The molecular formula is C20H25BrN4O2. The Morgan fingerprint density at radius 2 is 1.85 bits per heavy atom. The summed E-state index contributed by atoms with van der Waals surface area (Å²) in [5, 5.41) is 9.41. The number of hydrogen-bond donors (Lipinski definition) is 3. The number of hydrogen-bond acceptors (Lipinski definition) is 3. The molecule has 7 heteroatoms. The maximum absolute atomic E-state index is 12.1. The van der Waals surface area contributed by atoms with Gasteiger partial charge >= 0.3 is 0 Å². The number of methoxy groups -OCH3 is 1. The lowest BCUT2D eigenvalue weighted by atomic mass is 10.2. The Bertz CT molecular complexity index is 780. The van der Waals surface area contributed by atoms with Gasteiger partial charge < -0.3 is 20.7 Å². The molecule has 2 aromatic rings. The van der Waals surface area contributed by atoms with Crippen molar-refractivity contribution in [3.05, 3.63) is 64.1 Å². The van der Waals surface area contributed by atoms with Gasteiger partial charge in [0, 0.05) is 42.3 Å². The van der Waals surface area contributed by atoms with Crippen LogP contribution < -0.4 is 20.7 Å². The van der Waals surface area contributed by atoms with Crippen molar-refractivity contribution in [2.75, 3.05) is 27.2 Å². The topological polar surface area (TPSA) is 74.8 Å². The van der Waals surface area contributed by atoms with E-state index in [0.29, 0.717) is 31.2 Å². The quantitative estimate of drug-likeness (QED) is 0.340. The van der Waals surface area contributed by atoms with Gasteiger partial charge in [-0.1, -0.05) is 40.2 Å². The number of rotatable bonds is 8. The summed E-state index contributed by atoms with van der Waals surface area (Å²) in [6.45, 7) is 1.90. The third kappa shape index (κ3) is 6.94. The zero-order chi connectivity index (χ0) is 19.5. The summed E-state index contributed by atoms with van der Waals surface area (Å²) in [6.07, 6.45) is 0.787. The number of carbonyl (C=O) groups excluding carboxylic acids is 1. The van der Waals surface area contributed by atoms with Gasteiger partial charge in [-0.15, -0.1) is 0 Å². The lowest BCUT2D eigenvalue weighted by Gasteiger charge is -2.14. The van der Waals surface area contributed by atoms with Crippen LogP contribution in [-0.2, 0) is 6.54 Å². The van der Waals surface area contributed by atoms with Crippen LogP contribution in [0.25, 0.3) is 0 Å². The molecule has 0 fully saturated rings. The molecule has 0 heterocycles. The standard InChI is InChI=1S/C20H25BrN4O2/c1-22-20(25-14-16-7-3-4-10-18(16)27-2)24-12-6-11-23-19(26)15-8-5-9-17(21)13-15/h3-5,7-10,13H,6,11-12,14H2,1-2H3,(H,23,26)(H2,22,24,25). The van der Waals surface area contributed by atoms with Crippen LogP contribution in [0.5, 0.6) is 5.75 Å². The Hall–Kier alpha value is -2.54. The summed E-state index contributed by atoms with van der Waals surface area (Å²) >= 11 is 3.37. The molecular weight excluding hydrogens is 408 g/mol. The van der Waals surface area contributed by atoms with Crippen molar-refractivity contribution in [3.8, 4) is 5.75 Å². The average Bonchev–Trinajstić information content (AvgIpc) is 2.70. The predicted molar refractivity (Wildman–Crippen MR) is 112 cm³/mol. The lowest BCUT2D eigenvalue weighted by Crippen LogP contribution is -2.38. The summed E-state index contributed by atoms with van der Waals surface area (Å²) in [5.41, 5.74) is 1.70. The number of carbonyl (C=O) groups is 1. The van der Waals surface area contributed by atoms with Gasteiger partial charge in [0.2, 0.25) is 0 Å². The van der Waals surface area contributed by atoms with Crippen molar-refractivity contribution in [1.29, 1.82) is 0 Å². The van der Waals surface area contributed by atoms with Crippen LogP contribution in [0, 0.1) is 0 Å². The number of guanidine groups is 1. The number of para-hydroxylation sites is 1. The molecule has 6 nitrogen and oxygen atoms in total. The first kappa shape index (κ1) is 20.8. The molecule has 3 N–H and O–H groups in total. The fraction of sp³-hybridized carbons (Fsp3) is 0.300. The molecule has 0 aliphatic carbocycles. The number of nitrogens with zero attached hydrogens (tertiary/aromatic N) is 1. The zero-order valence-corrected chi connectivity index (χ0v) is 17.2. The summed E-state index contributed by atoms with van der Waals surface area (Å²) in [6, 6.07) is 15.2. The average molecular weight is 433 g/mol. The Balaban J connectivity index is 1.68. The Morgan fingerprint density at radius 3 is 2.59 bits per heavy atom. The highest BCUT2D eigenvalue weighted by molar-refractivity contribution is 9.10. The van der Waals surface area contributed by atoms with E-state index in [2.05, 4.69) is 36.9 Å². The van der Waals surface area contributed by atoms with Crippen LogP contribution >= 0.6 is 15.9 Å². The van der Waals surface area contributed by atoms with Gasteiger partial charge in [-0.05, 0) is 30.7 Å². The molecule has 0 aromatic heterocycles. The van der Waals surface area contributed by atoms with Crippen LogP contribution in [0.2, 0.25) is 0 Å². The molecule has 2 rings (SSSR count). The molecule has 0 radical (unpaired) electrons. The molecule has 27 heavy (non-hydrogen) atoms. The van der Waals surface area contributed by atoms with Crippen LogP contribution in [0.1, 0.15) is 22.3 Å². The fourth-order valence-corrected chi connectivity index (χ4v) is 2.88. The van der Waals surface area contributed by atoms with E-state index in [1.165, 1.54) is 0 Å². The first-order valence-electron chi connectivity index (χ1n) is 8.74. The molecule has 0 aliphatic heterocycles.